The van der Waals surface area contributed by atoms with Gasteiger partial charge in [-0.15, -0.1) is 0 Å². The third-order valence-corrected chi connectivity index (χ3v) is 3.78. The number of nitro benzene ring substituents is 1. The predicted molar refractivity (Wildman–Crippen MR) is 73.6 cm³/mol. The number of phenolic OH excluding ortho intramolecular Hbond substituents is 1. The van der Waals surface area contributed by atoms with Crippen LogP contribution in [0.1, 0.15) is 36.5 Å². The van der Waals surface area contributed by atoms with Crippen molar-refractivity contribution in [3.05, 3.63) is 33.9 Å². The highest BCUT2D eigenvalue weighted by molar-refractivity contribution is 5.98. The molecular weight excluding hydrogens is 260 g/mol. The third kappa shape index (κ3) is 3.26. The average molecular weight is 278 g/mol. The highest BCUT2D eigenvalue weighted by Gasteiger charge is 2.24. The maximum absolute atomic E-state index is 12.0. The first kappa shape index (κ1) is 14.3. The summed E-state index contributed by atoms with van der Waals surface area (Å²) in [6.45, 7) is 2.71. The number of carbonyl (C=O) groups excluding carboxylic acids is 1. The van der Waals surface area contributed by atoms with Crippen molar-refractivity contribution in [2.24, 2.45) is 11.8 Å². The summed E-state index contributed by atoms with van der Waals surface area (Å²) in [5, 5.41) is 23.0. The molecule has 0 aromatic heterocycles. The molecule has 2 atom stereocenters. The maximum Gasteiger partial charge on any atom is 0.282 e. The van der Waals surface area contributed by atoms with Crippen molar-refractivity contribution in [1.29, 1.82) is 0 Å². The Morgan fingerprint density at radius 2 is 2.25 bits per heavy atom. The van der Waals surface area contributed by atoms with Crippen LogP contribution in [0.15, 0.2) is 18.2 Å². The smallest absolute Gasteiger partial charge is 0.282 e. The Bertz CT molecular complexity index is 530. The molecule has 2 N–H and O–H groups in total. The van der Waals surface area contributed by atoms with Gasteiger partial charge in [-0.3, -0.25) is 14.9 Å². The van der Waals surface area contributed by atoms with E-state index in [1.165, 1.54) is 6.07 Å². The number of phenols is 1. The minimum Gasteiger partial charge on any atom is -0.508 e. The van der Waals surface area contributed by atoms with Gasteiger partial charge in [0.25, 0.3) is 11.6 Å². The lowest BCUT2D eigenvalue weighted by atomic mass is 10.1. The van der Waals surface area contributed by atoms with Crippen LogP contribution < -0.4 is 5.32 Å². The number of amides is 1. The molecular formula is C14H18N2O4. The number of rotatable bonds is 4. The molecule has 20 heavy (non-hydrogen) atoms. The number of nitro groups is 1. The summed E-state index contributed by atoms with van der Waals surface area (Å²) >= 11 is 0. The zero-order valence-corrected chi connectivity index (χ0v) is 11.3. The van der Waals surface area contributed by atoms with Gasteiger partial charge >= 0.3 is 0 Å². The van der Waals surface area contributed by atoms with E-state index >= 15 is 0 Å². The molecule has 2 rings (SSSR count). The number of aromatic hydroxyl groups is 1. The Balaban J connectivity index is 2.05. The van der Waals surface area contributed by atoms with E-state index in [1.54, 1.807) is 0 Å². The number of hydrogen-bond donors (Lipinski definition) is 2. The van der Waals surface area contributed by atoms with Gasteiger partial charge in [0.15, 0.2) is 0 Å². The summed E-state index contributed by atoms with van der Waals surface area (Å²) in [5.74, 6) is 0.444. The Labute approximate surface area is 117 Å². The van der Waals surface area contributed by atoms with E-state index in [4.69, 9.17) is 0 Å². The van der Waals surface area contributed by atoms with Gasteiger partial charge in [-0.25, -0.2) is 0 Å². The van der Waals surface area contributed by atoms with Crippen molar-refractivity contribution in [1.82, 2.24) is 5.32 Å². The molecule has 0 radical (unpaired) electrons. The Morgan fingerprint density at radius 3 is 2.85 bits per heavy atom. The van der Waals surface area contributed by atoms with Crippen molar-refractivity contribution in [2.75, 3.05) is 6.54 Å². The van der Waals surface area contributed by atoms with Crippen LogP contribution in [0.5, 0.6) is 5.75 Å². The molecule has 0 saturated heterocycles. The summed E-state index contributed by atoms with van der Waals surface area (Å²) in [6, 6.07) is 3.47. The second-order valence-corrected chi connectivity index (χ2v) is 5.45. The van der Waals surface area contributed by atoms with Crippen molar-refractivity contribution in [3.8, 4) is 5.75 Å². The fraction of sp³-hybridized carbons (Fsp3) is 0.500. The van der Waals surface area contributed by atoms with Crippen LogP contribution in [-0.4, -0.2) is 22.5 Å². The van der Waals surface area contributed by atoms with Gasteiger partial charge in [0.1, 0.15) is 11.3 Å². The first-order valence-electron chi connectivity index (χ1n) is 6.73. The lowest BCUT2D eigenvalue weighted by Gasteiger charge is -2.11. The van der Waals surface area contributed by atoms with E-state index in [9.17, 15) is 20.0 Å². The number of carbonyl (C=O) groups is 1. The van der Waals surface area contributed by atoms with Gasteiger partial charge in [0.05, 0.1) is 4.92 Å². The molecule has 0 aliphatic heterocycles. The van der Waals surface area contributed by atoms with Crippen molar-refractivity contribution in [2.45, 2.75) is 26.2 Å². The van der Waals surface area contributed by atoms with Gasteiger partial charge in [-0.1, -0.05) is 13.3 Å². The monoisotopic (exact) mass is 278 g/mol. The van der Waals surface area contributed by atoms with Gasteiger partial charge in [-0.2, -0.15) is 0 Å². The van der Waals surface area contributed by atoms with Crippen LogP contribution in [0.4, 0.5) is 5.69 Å². The van der Waals surface area contributed by atoms with Crippen molar-refractivity contribution >= 4 is 11.6 Å². The maximum atomic E-state index is 12.0. The Morgan fingerprint density at radius 1 is 1.50 bits per heavy atom. The van der Waals surface area contributed by atoms with E-state index in [2.05, 4.69) is 12.2 Å². The average Bonchev–Trinajstić information content (AvgIpc) is 2.81. The minimum absolute atomic E-state index is 0.0963. The summed E-state index contributed by atoms with van der Waals surface area (Å²) in [5.41, 5.74) is -0.388. The second kappa shape index (κ2) is 5.90. The molecule has 1 aromatic carbocycles. The predicted octanol–water partition coefficient (Wildman–Crippen LogP) is 2.47. The molecule has 0 heterocycles. The molecule has 2 unspecified atom stereocenters. The van der Waals surface area contributed by atoms with Gasteiger partial charge < -0.3 is 10.4 Å². The van der Waals surface area contributed by atoms with E-state index in [0.29, 0.717) is 18.4 Å². The zero-order valence-electron chi connectivity index (χ0n) is 11.3. The number of benzene rings is 1. The van der Waals surface area contributed by atoms with Crippen LogP contribution >= 0.6 is 0 Å². The minimum atomic E-state index is -0.619. The Kier molecular flexibility index (Phi) is 4.22. The molecule has 6 nitrogen and oxygen atoms in total. The van der Waals surface area contributed by atoms with Gasteiger partial charge in [0.2, 0.25) is 0 Å². The first-order valence-corrected chi connectivity index (χ1v) is 6.73. The first-order chi connectivity index (χ1) is 9.47. The molecule has 1 aliphatic carbocycles. The number of nitrogens with zero attached hydrogens (tertiary/aromatic N) is 1. The normalized spacial score (nSPS) is 21.6. The fourth-order valence-corrected chi connectivity index (χ4v) is 2.71. The lowest BCUT2D eigenvalue weighted by molar-refractivity contribution is -0.385. The standard InChI is InChI=1S/C14H18N2O4/c1-9-2-3-10(6-9)8-15-14(18)12-7-11(17)4-5-13(12)16(19)20/h4-5,7,9-10,17H,2-3,6,8H2,1H3,(H,15,18). The SMILES string of the molecule is CC1CCC(CNC(=O)c2cc(O)ccc2[N+](=O)[O-])C1. The highest BCUT2D eigenvalue weighted by atomic mass is 16.6. The summed E-state index contributed by atoms with van der Waals surface area (Å²) in [4.78, 5) is 22.3. The Hall–Kier alpha value is -2.11. The molecule has 1 saturated carbocycles. The van der Waals surface area contributed by atoms with Gasteiger partial charge in [0, 0.05) is 12.6 Å². The van der Waals surface area contributed by atoms with Gasteiger partial charge in [-0.05, 0) is 36.8 Å². The molecule has 0 bridgehead atoms. The summed E-state index contributed by atoms with van der Waals surface area (Å²) in [6.07, 6.45) is 3.30. The molecule has 1 aromatic rings. The van der Waals surface area contributed by atoms with Crippen molar-refractivity contribution in [3.63, 3.8) is 0 Å². The molecule has 6 heteroatoms. The zero-order chi connectivity index (χ0) is 14.7. The third-order valence-electron chi connectivity index (χ3n) is 3.78. The molecule has 1 fully saturated rings. The van der Waals surface area contributed by atoms with Crippen LogP contribution in [-0.2, 0) is 0 Å². The molecule has 1 aliphatic rings. The van der Waals surface area contributed by atoms with E-state index in [1.807, 2.05) is 0 Å². The highest BCUT2D eigenvalue weighted by Crippen LogP contribution is 2.30. The molecule has 108 valence electrons. The largest absolute Gasteiger partial charge is 0.508 e. The number of hydrogen-bond acceptors (Lipinski definition) is 4. The molecule has 1 amide bonds. The summed E-state index contributed by atoms with van der Waals surface area (Å²) in [7, 11) is 0. The van der Waals surface area contributed by atoms with Crippen molar-refractivity contribution < 1.29 is 14.8 Å². The summed E-state index contributed by atoms with van der Waals surface area (Å²) < 4.78 is 0. The number of nitrogens with one attached hydrogen (secondary N) is 1. The fourth-order valence-electron chi connectivity index (χ4n) is 2.71. The topological polar surface area (TPSA) is 92.5 Å². The lowest BCUT2D eigenvalue weighted by Crippen LogP contribution is -2.29. The van der Waals surface area contributed by atoms with E-state index < -0.39 is 10.8 Å². The van der Waals surface area contributed by atoms with Crippen LogP contribution in [0.25, 0.3) is 0 Å². The molecule has 0 spiro atoms. The second-order valence-electron chi connectivity index (χ2n) is 5.45. The van der Waals surface area contributed by atoms with Crippen LogP contribution in [0.2, 0.25) is 0 Å². The van der Waals surface area contributed by atoms with E-state index in [0.717, 1.165) is 31.4 Å². The van der Waals surface area contributed by atoms with Crippen LogP contribution in [0, 0.1) is 22.0 Å². The van der Waals surface area contributed by atoms with Crippen LogP contribution in [0.3, 0.4) is 0 Å². The quantitative estimate of drug-likeness (QED) is 0.653. The van der Waals surface area contributed by atoms with E-state index in [-0.39, 0.29) is 17.0 Å².